The highest BCUT2D eigenvalue weighted by atomic mass is 32.2. The number of nitrogens with zero attached hydrogens (tertiary/aromatic N) is 1. The summed E-state index contributed by atoms with van der Waals surface area (Å²) in [6.07, 6.45) is 1.53. The Balaban J connectivity index is 1.28. The maximum absolute atomic E-state index is 13.6. The minimum Gasteiger partial charge on any atom is -0.497 e. The number of thiazole rings is 1. The second-order valence-corrected chi connectivity index (χ2v) is 12.3. The normalized spacial score (nSPS) is 11.0. The van der Waals surface area contributed by atoms with Gasteiger partial charge in [0.25, 0.3) is 11.8 Å². The maximum Gasteiger partial charge on any atom is 0.272 e. The van der Waals surface area contributed by atoms with Crippen molar-refractivity contribution in [1.29, 1.82) is 0 Å². The van der Waals surface area contributed by atoms with Crippen LogP contribution < -0.4 is 25.4 Å². The molecule has 3 N–H and O–H groups in total. The van der Waals surface area contributed by atoms with Gasteiger partial charge in [-0.2, -0.15) is 0 Å². The Bertz CT molecular complexity index is 1910. The standard InChI is InChI=1S/C36H32N4O5S2/c1-23-33(24-11-6-4-7-12-24)40-36(47-23)39-32(41)22-46-29-16-10-15-27(21-29)37-35(43)30(38-34(42)25-13-8-5-9-14-25)20-26-19-28(44-2)17-18-31(26)45-3/h4-21H,22H2,1-3H3,(H,37,43)(H,38,42)(H,39,40,41)/b30-20+. The summed E-state index contributed by atoms with van der Waals surface area (Å²) >= 11 is 2.75. The molecule has 5 rings (SSSR count). The van der Waals surface area contributed by atoms with Crippen molar-refractivity contribution in [3.8, 4) is 22.8 Å². The fraction of sp³-hybridized carbons (Fsp3) is 0.111. The maximum atomic E-state index is 13.6. The number of nitrogens with one attached hydrogen (secondary N) is 3. The number of thioether (sulfide) groups is 1. The molecule has 238 valence electrons. The van der Waals surface area contributed by atoms with Crippen LogP contribution in [0.3, 0.4) is 0 Å². The van der Waals surface area contributed by atoms with Crippen molar-refractivity contribution in [2.45, 2.75) is 11.8 Å². The quantitative estimate of drug-likeness (QED) is 0.0948. The van der Waals surface area contributed by atoms with E-state index in [2.05, 4.69) is 20.9 Å². The number of ether oxygens (including phenoxy) is 2. The van der Waals surface area contributed by atoms with E-state index in [0.29, 0.717) is 33.4 Å². The molecule has 0 unspecified atom stereocenters. The second-order valence-electron chi connectivity index (χ2n) is 10.1. The predicted molar refractivity (Wildman–Crippen MR) is 188 cm³/mol. The Kier molecular flexibility index (Phi) is 11.1. The topological polar surface area (TPSA) is 119 Å². The molecular formula is C36H32N4O5S2. The zero-order chi connectivity index (χ0) is 33.2. The molecule has 0 aliphatic carbocycles. The zero-order valence-corrected chi connectivity index (χ0v) is 27.5. The molecule has 9 nitrogen and oxygen atoms in total. The highest BCUT2D eigenvalue weighted by Crippen LogP contribution is 2.31. The number of anilines is 2. The van der Waals surface area contributed by atoms with Crippen molar-refractivity contribution < 1.29 is 23.9 Å². The first-order valence-corrected chi connectivity index (χ1v) is 16.3. The van der Waals surface area contributed by atoms with Crippen LogP contribution in [-0.2, 0) is 9.59 Å². The molecule has 0 fully saturated rings. The van der Waals surface area contributed by atoms with Crippen LogP contribution >= 0.6 is 23.1 Å². The molecular weight excluding hydrogens is 633 g/mol. The van der Waals surface area contributed by atoms with Gasteiger partial charge in [-0.15, -0.1) is 23.1 Å². The van der Waals surface area contributed by atoms with E-state index >= 15 is 0 Å². The van der Waals surface area contributed by atoms with E-state index in [-0.39, 0.29) is 17.4 Å². The van der Waals surface area contributed by atoms with Crippen molar-refractivity contribution in [3.05, 3.63) is 125 Å². The average Bonchev–Trinajstić information content (AvgIpc) is 3.47. The lowest BCUT2D eigenvalue weighted by Crippen LogP contribution is -2.30. The molecule has 11 heteroatoms. The molecule has 0 bridgehead atoms. The van der Waals surface area contributed by atoms with E-state index in [9.17, 15) is 14.4 Å². The molecule has 0 radical (unpaired) electrons. The molecule has 1 heterocycles. The van der Waals surface area contributed by atoms with Gasteiger partial charge in [-0.3, -0.25) is 14.4 Å². The summed E-state index contributed by atoms with van der Waals surface area (Å²) < 4.78 is 10.8. The van der Waals surface area contributed by atoms with Crippen molar-refractivity contribution in [1.82, 2.24) is 10.3 Å². The lowest BCUT2D eigenvalue weighted by atomic mass is 10.1. The number of hydrogen-bond donors (Lipinski definition) is 3. The van der Waals surface area contributed by atoms with E-state index in [1.807, 2.05) is 43.3 Å². The van der Waals surface area contributed by atoms with E-state index in [1.54, 1.807) is 66.7 Å². The Morgan fingerprint density at radius 1 is 0.851 bits per heavy atom. The molecule has 5 aromatic rings. The van der Waals surface area contributed by atoms with Gasteiger partial charge < -0.3 is 25.4 Å². The Labute approximate surface area is 281 Å². The molecule has 0 spiro atoms. The molecule has 0 aliphatic rings. The molecule has 0 atom stereocenters. The number of hydrogen-bond acceptors (Lipinski definition) is 8. The Hall–Kier alpha value is -5.39. The highest BCUT2D eigenvalue weighted by molar-refractivity contribution is 8.00. The summed E-state index contributed by atoms with van der Waals surface area (Å²) in [5.41, 5.74) is 3.25. The summed E-state index contributed by atoms with van der Waals surface area (Å²) in [4.78, 5) is 45.9. The molecule has 47 heavy (non-hydrogen) atoms. The number of aromatic nitrogens is 1. The van der Waals surface area contributed by atoms with Gasteiger partial charge in [-0.25, -0.2) is 4.98 Å². The SMILES string of the molecule is COc1ccc(OC)c(/C=C(/NC(=O)c2ccccc2)C(=O)Nc2cccc(SCC(=O)Nc3nc(-c4ccccc4)c(C)s3)c2)c1. The van der Waals surface area contributed by atoms with Crippen LogP contribution in [0.4, 0.5) is 10.8 Å². The molecule has 3 amide bonds. The van der Waals surface area contributed by atoms with Crippen LogP contribution in [-0.4, -0.2) is 42.7 Å². The number of aryl methyl sites for hydroxylation is 1. The molecule has 0 saturated heterocycles. The van der Waals surface area contributed by atoms with E-state index < -0.39 is 11.8 Å². The van der Waals surface area contributed by atoms with Crippen LogP contribution in [0, 0.1) is 6.92 Å². The van der Waals surface area contributed by atoms with Crippen molar-refractivity contribution in [3.63, 3.8) is 0 Å². The smallest absolute Gasteiger partial charge is 0.272 e. The molecule has 0 aliphatic heterocycles. The number of amides is 3. The second kappa shape index (κ2) is 15.7. The zero-order valence-electron chi connectivity index (χ0n) is 25.9. The molecule has 1 aromatic heterocycles. The van der Waals surface area contributed by atoms with Crippen molar-refractivity contribution in [2.75, 3.05) is 30.6 Å². The first-order chi connectivity index (χ1) is 22.8. The lowest BCUT2D eigenvalue weighted by Gasteiger charge is -2.13. The van der Waals surface area contributed by atoms with Crippen molar-refractivity contribution >= 4 is 57.7 Å². The van der Waals surface area contributed by atoms with Gasteiger partial charge in [0.1, 0.15) is 17.2 Å². The van der Waals surface area contributed by atoms with E-state index in [1.165, 1.54) is 43.4 Å². The van der Waals surface area contributed by atoms with Crippen LogP contribution in [0.5, 0.6) is 11.5 Å². The Morgan fingerprint density at radius 3 is 2.32 bits per heavy atom. The number of carbonyl (C=O) groups is 3. The van der Waals surface area contributed by atoms with E-state index in [0.717, 1.165) is 21.0 Å². The van der Waals surface area contributed by atoms with Gasteiger partial charge in [0.2, 0.25) is 5.91 Å². The van der Waals surface area contributed by atoms with Crippen LogP contribution in [0.1, 0.15) is 20.8 Å². The third-order valence-corrected chi connectivity index (χ3v) is 8.70. The van der Waals surface area contributed by atoms with Crippen LogP contribution in [0.25, 0.3) is 17.3 Å². The summed E-state index contributed by atoms with van der Waals surface area (Å²) in [5, 5.41) is 9.02. The van der Waals surface area contributed by atoms with Gasteiger partial charge in [0.15, 0.2) is 5.13 Å². The summed E-state index contributed by atoms with van der Waals surface area (Å²) in [6, 6.07) is 30.7. The van der Waals surface area contributed by atoms with Gasteiger partial charge in [0.05, 0.1) is 25.7 Å². The highest BCUT2D eigenvalue weighted by Gasteiger charge is 2.17. The summed E-state index contributed by atoms with van der Waals surface area (Å²) in [6.45, 7) is 1.98. The van der Waals surface area contributed by atoms with Gasteiger partial charge in [0, 0.05) is 32.2 Å². The first-order valence-electron chi connectivity index (χ1n) is 14.5. The fourth-order valence-electron chi connectivity index (χ4n) is 4.53. The minimum absolute atomic E-state index is 0.00328. The van der Waals surface area contributed by atoms with Gasteiger partial charge in [-0.1, -0.05) is 54.6 Å². The average molecular weight is 665 g/mol. The van der Waals surface area contributed by atoms with Gasteiger partial charge in [-0.05, 0) is 61.5 Å². The van der Waals surface area contributed by atoms with Crippen molar-refractivity contribution in [2.24, 2.45) is 0 Å². The largest absolute Gasteiger partial charge is 0.497 e. The van der Waals surface area contributed by atoms with Gasteiger partial charge >= 0.3 is 0 Å². The first kappa shape index (κ1) is 33.0. The fourth-order valence-corrected chi connectivity index (χ4v) is 6.14. The Morgan fingerprint density at radius 2 is 1.60 bits per heavy atom. The predicted octanol–water partition coefficient (Wildman–Crippen LogP) is 7.28. The van der Waals surface area contributed by atoms with E-state index in [4.69, 9.17) is 9.47 Å². The summed E-state index contributed by atoms with van der Waals surface area (Å²) in [7, 11) is 3.06. The number of rotatable bonds is 12. The third-order valence-electron chi connectivity index (χ3n) is 6.82. The monoisotopic (exact) mass is 664 g/mol. The van der Waals surface area contributed by atoms with Crippen LogP contribution in [0.2, 0.25) is 0 Å². The van der Waals surface area contributed by atoms with Crippen LogP contribution in [0.15, 0.2) is 114 Å². The summed E-state index contributed by atoms with van der Waals surface area (Å²) in [5.74, 6) is -0.000695. The minimum atomic E-state index is -0.549. The number of methoxy groups -OCH3 is 2. The third kappa shape index (κ3) is 8.87. The molecule has 4 aromatic carbocycles. The number of benzene rings is 4. The number of carbonyl (C=O) groups excluding carboxylic acids is 3. The molecule has 0 saturated carbocycles. The lowest BCUT2D eigenvalue weighted by molar-refractivity contribution is -0.114.